The van der Waals surface area contributed by atoms with Gasteiger partial charge in [0.25, 0.3) is 0 Å². The van der Waals surface area contributed by atoms with E-state index in [0.717, 1.165) is 13.1 Å². The van der Waals surface area contributed by atoms with E-state index in [4.69, 9.17) is 0 Å². The summed E-state index contributed by atoms with van der Waals surface area (Å²) in [5, 5.41) is 4.27. The van der Waals surface area contributed by atoms with Gasteiger partial charge in [-0.2, -0.15) is 0 Å². The Morgan fingerprint density at radius 3 is 1.75 bits per heavy atom. The SMILES string of the molecule is C1CCC[N-]CC1.[K+]. The van der Waals surface area contributed by atoms with Crippen LogP contribution in [0.2, 0.25) is 0 Å². The molecule has 0 aliphatic carbocycles. The largest absolute Gasteiger partial charge is 1.00 e. The summed E-state index contributed by atoms with van der Waals surface area (Å²) in [5.74, 6) is 0. The van der Waals surface area contributed by atoms with E-state index in [1.807, 2.05) is 0 Å². The fraction of sp³-hybridized carbons (Fsp3) is 1.00. The van der Waals surface area contributed by atoms with Gasteiger partial charge in [0, 0.05) is 0 Å². The third-order valence-corrected chi connectivity index (χ3v) is 1.38. The van der Waals surface area contributed by atoms with Crippen LogP contribution in [0.1, 0.15) is 25.7 Å². The van der Waals surface area contributed by atoms with Crippen molar-refractivity contribution in [2.75, 3.05) is 13.1 Å². The van der Waals surface area contributed by atoms with Crippen LogP contribution in [0.15, 0.2) is 0 Å². The molecule has 0 aromatic heterocycles. The van der Waals surface area contributed by atoms with Crippen molar-refractivity contribution in [3.63, 3.8) is 0 Å². The average molecular weight is 137 g/mol. The van der Waals surface area contributed by atoms with E-state index in [-0.39, 0.29) is 51.4 Å². The topological polar surface area (TPSA) is 14.1 Å². The summed E-state index contributed by atoms with van der Waals surface area (Å²) in [6.45, 7) is 2.25. The van der Waals surface area contributed by atoms with Gasteiger partial charge in [0.2, 0.25) is 0 Å². The Labute approximate surface area is 94.0 Å². The minimum Gasteiger partial charge on any atom is -0.662 e. The fourth-order valence-corrected chi connectivity index (χ4v) is 0.913. The Hall–Kier alpha value is 1.60. The number of rotatable bonds is 0. The van der Waals surface area contributed by atoms with Crippen molar-refractivity contribution in [3.05, 3.63) is 5.32 Å². The fourth-order valence-electron chi connectivity index (χ4n) is 0.913. The van der Waals surface area contributed by atoms with E-state index in [1.165, 1.54) is 25.7 Å². The molecule has 1 heterocycles. The predicted molar refractivity (Wildman–Crippen MR) is 31.6 cm³/mol. The van der Waals surface area contributed by atoms with Gasteiger partial charge in [-0.3, -0.25) is 0 Å². The van der Waals surface area contributed by atoms with Crippen LogP contribution < -0.4 is 51.4 Å². The molecule has 42 valence electrons. The quantitative estimate of drug-likeness (QED) is 0.378. The second-order valence-corrected chi connectivity index (χ2v) is 2.09. The molecule has 0 bridgehead atoms. The number of hydrogen-bond acceptors (Lipinski definition) is 0. The molecule has 1 saturated heterocycles. The summed E-state index contributed by atoms with van der Waals surface area (Å²) in [5.41, 5.74) is 0. The molecule has 2 heteroatoms. The first-order valence-electron chi connectivity index (χ1n) is 3.13. The van der Waals surface area contributed by atoms with Crippen LogP contribution in [-0.4, -0.2) is 13.1 Å². The number of hydrogen-bond donors (Lipinski definition) is 0. The molecule has 1 rings (SSSR count). The maximum Gasteiger partial charge on any atom is 1.00 e. The molecule has 0 atom stereocenters. The molecule has 1 fully saturated rings. The summed E-state index contributed by atoms with van der Waals surface area (Å²) in [6.07, 6.45) is 5.48. The van der Waals surface area contributed by atoms with Crippen molar-refractivity contribution >= 4 is 0 Å². The standard InChI is InChI=1S/C6H12N.K/c1-2-4-6-7-5-3-1;/h1-6H2;/q-1;+1. The van der Waals surface area contributed by atoms with Gasteiger partial charge in [0.1, 0.15) is 0 Å². The molecule has 0 N–H and O–H groups in total. The summed E-state index contributed by atoms with van der Waals surface area (Å²) in [7, 11) is 0. The summed E-state index contributed by atoms with van der Waals surface area (Å²) < 4.78 is 0. The zero-order valence-electron chi connectivity index (χ0n) is 5.69. The first-order chi connectivity index (χ1) is 3.50. The maximum absolute atomic E-state index is 4.27. The van der Waals surface area contributed by atoms with Crippen LogP contribution in [0.3, 0.4) is 0 Å². The Balaban J connectivity index is 0.000000490. The zero-order chi connectivity index (χ0) is 4.95. The van der Waals surface area contributed by atoms with Crippen molar-refractivity contribution < 1.29 is 51.4 Å². The van der Waals surface area contributed by atoms with Gasteiger partial charge in [-0.05, 0) is 0 Å². The minimum absolute atomic E-state index is 0. The molecule has 0 aromatic carbocycles. The first kappa shape index (κ1) is 9.60. The van der Waals surface area contributed by atoms with Crippen LogP contribution in [-0.2, 0) is 0 Å². The molecular weight excluding hydrogens is 125 g/mol. The van der Waals surface area contributed by atoms with Crippen molar-refractivity contribution in [2.24, 2.45) is 0 Å². The monoisotopic (exact) mass is 137 g/mol. The van der Waals surface area contributed by atoms with Gasteiger partial charge in [-0.15, -0.1) is 13.1 Å². The van der Waals surface area contributed by atoms with Crippen LogP contribution in [0.4, 0.5) is 0 Å². The number of nitrogens with zero attached hydrogens (tertiary/aromatic N) is 1. The zero-order valence-corrected chi connectivity index (χ0v) is 8.81. The van der Waals surface area contributed by atoms with E-state index >= 15 is 0 Å². The van der Waals surface area contributed by atoms with E-state index in [9.17, 15) is 0 Å². The second-order valence-electron chi connectivity index (χ2n) is 2.09. The van der Waals surface area contributed by atoms with Gasteiger partial charge in [-0.1, -0.05) is 25.7 Å². The molecule has 0 radical (unpaired) electrons. The molecule has 0 aromatic rings. The van der Waals surface area contributed by atoms with Gasteiger partial charge >= 0.3 is 51.4 Å². The van der Waals surface area contributed by atoms with Crippen LogP contribution in [0, 0.1) is 0 Å². The summed E-state index contributed by atoms with van der Waals surface area (Å²) in [4.78, 5) is 0. The third-order valence-electron chi connectivity index (χ3n) is 1.38. The summed E-state index contributed by atoms with van der Waals surface area (Å²) >= 11 is 0. The van der Waals surface area contributed by atoms with E-state index in [2.05, 4.69) is 5.32 Å². The normalized spacial score (nSPS) is 21.0. The Kier molecular flexibility index (Phi) is 8.05. The predicted octanol–water partition coefficient (Wildman–Crippen LogP) is -1.06. The van der Waals surface area contributed by atoms with E-state index in [1.54, 1.807) is 0 Å². The van der Waals surface area contributed by atoms with Crippen molar-refractivity contribution in [1.82, 2.24) is 0 Å². The molecule has 8 heavy (non-hydrogen) atoms. The molecule has 0 spiro atoms. The molecule has 0 saturated carbocycles. The van der Waals surface area contributed by atoms with Crippen LogP contribution >= 0.6 is 0 Å². The van der Waals surface area contributed by atoms with Gasteiger partial charge in [0.15, 0.2) is 0 Å². The molecule has 0 amide bonds. The molecule has 1 nitrogen and oxygen atoms in total. The Morgan fingerprint density at radius 1 is 0.750 bits per heavy atom. The third kappa shape index (κ3) is 4.47. The van der Waals surface area contributed by atoms with Crippen molar-refractivity contribution in [3.8, 4) is 0 Å². The maximum atomic E-state index is 4.27. The van der Waals surface area contributed by atoms with Crippen molar-refractivity contribution in [1.29, 1.82) is 0 Å². The molecule has 1 aliphatic rings. The Morgan fingerprint density at radius 2 is 1.25 bits per heavy atom. The van der Waals surface area contributed by atoms with Crippen LogP contribution in [0.25, 0.3) is 5.32 Å². The molecular formula is C6H12KN. The van der Waals surface area contributed by atoms with Gasteiger partial charge in [-0.25, -0.2) is 0 Å². The smallest absolute Gasteiger partial charge is 0.662 e. The van der Waals surface area contributed by atoms with Gasteiger partial charge in [0.05, 0.1) is 0 Å². The van der Waals surface area contributed by atoms with E-state index in [0.29, 0.717) is 0 Å². The minimum atomic E-state index is 0. The van der Waals surface area contributed by atoms with E-state index < -0.39 is 0 Å². The molecule has 1 aliphatic heterocycles. The average Bonchev–Trinajstić information content (AvgIpc) is 1.90. The Bertz CT molecular complexity index is 28.1. The van der Waals surface area contributed by atoms with Gasteiger partial charge < -0.3 is 5.32 Å². The molecule has 0 unspecified atom stereocenters. The summed E-state index contributed by atoms with van der Waals surface area (Å²) in [6, 6.07) is 0. The second kappa shape index (κ2) is 6.71. The van der Waals surface area contributed by atoms with Crippen molar-refractivity contribution in [2.45, 2.75) is 25.7 Å². The van der Waals surface area contributed by atoms with Crippen LogP contribution in [0.5, 0.6) is 0 Å². The first-order valence-corrected chi connectivity index (χ1v) is 3.13.